The monoisotopic (exact) mass is 201 g/mol. The lowest BCUT2D eigenvalue weighted by molar-refractivity contribution is 0.0793. The minimum absolute atomic E-state index is 0.480. The maximum Gasteiger partial charge on any atom is 0.187 e. The molecule has 1 aliphatic heterocycles. The summed E-state index contributed by atoms with van der Waals surface area (Å²) >= 11 is 0. The van der Waals surface area contributed by atoms with Crippen molar-refractivity contribution in [1.82, 2.24) is 0 Å². The summed E-state index contributed by atoms with van der Waals surface area (Å²) in [7, 11) is 0. The van der Waals surface area contributed by atoms with Gasteiger partial charge < -0.3 is 4.74 Å². The number of rotatable bonds is 1. The average Bonchev–Trinajstić information content (AvgIpc) is 2.27. The maximum atomic E-state index is 6.98. The van der Waals surface area contributed by atoms with Crippen LogP contribution in [0.15, 0.2) is 18.2 Å². The molecule has 0 bridgehead atoms. The van der Waals surface area contributed by atoms with Gasteiger partial charge in [-0.1, -0.05) is 32.0 Å². The number of ether oxygens (including phenoxy) is 1. The van der Waals surface area contributed by atoms with E-state index in [1.807, 2.05) is 12.1 Å². The maximum absolute atomic E-state index is 6.98. The van der Waals surface area contributed by atoms with Crippen molar-refractivity contribution in [3.05, 3.63) is 40.7 Å². The van der Waals surface area contributed by atoms with Crippen molar-refractivity contribution in [1.29, 1.82) is 0 Å². The van der Waals surface area contributed by atoms with Gasteiger partial charge in [0.2, 0.25) is 0 Å². The highest BCUT2D eigenvalue weighted by atomic mass is 16.5. The Balaban J connectivity index is 2.41. The normalized spacial score (nSPS) is 19.7. The van der Waals surface area contributed by atoms with E-state index in [9.17, 15) is 0 Å². The van der Waals surface area contributed by atoms with Crippen LogP contribution in [0.1, 0.15) is 30.9 Å². The van der Waals surface area contributed by atoms with E-state index in [-0.39, 0.29) is 0 Å². The van der Waals surface area contributed by atoms with Gasteiger partial charge in [0.05, 0.1) is 19.8 Å². The summed E-state index contributed by atoms with van der Waals surface area (Å²) in [5, 5.41) is 0. The molecule has 1 heterocycles. The van der Waals surface area contributed by atoms with E-state index in [4.69, 9.17) is 11.3 Å². The molecule has 0 fully saturated rings. The lowest BCUT2D eigenvalue weighted by Gasteiger charge is -2.28. The molecular weight excluding hydrogens is 186 g/mol. The molecule has 0 saturated heterocycles. The fourth-order valence-electron chi connectivity index (χ4n) is 2.09. The molecule has 0 saturated carbocycles. The molecule has 0 unspecified atom stereocenters. The van der Waals surface area contributed by atoms with Gasteiger partial charge in [-0.25, -0.2) is 4.85 Å². The Kier molecular flexibility index (Phi) is 2.75. The summed E-state index contributed by atoms with van der Waals surface area (Å²) in [6.07, 6.45) is 0. The highest BCUT2D eigenvalue weighted by Crippen LogP contribution is 2.34. The van der Waals surface area contributed by atoms with Gasteiger partial charge in [-0.3, -0.25) is 0 Å². The summed E-state index contributed by atoms with van der Waals surface area (Å²) in [5.41, 5.74) is 3.26. The molecular formula is C13H15NO. The molecule has 15 heavy (non-hydrogen) atoms. The average molecular weight is 201 g/mol. The van der Waals surface area contributed by atoms with E-state index < -0.39 is 0 Å². The first-order valence-corrected chi connectivity index (χ1v) is 5.30. The van der Waals surface area contributed by atoms with Crippen molar-refractivity contribution in [3.63, 3.8) is 0 Å². The number of hydrogen-bond donors (Lipinski definition) is 0. The Labute approximate surface area is 90.7 Å². The summed E-state index contributed by atoms with van der Waals surface area (Å²) in [6.45, 7) is 12.9. The smallest absolute Gasteiger partial charge is 0.187 e. The van der Waals surface area contributed by atoms with E-state index in [0.717, 1.165) is 6.61 Å². The fourth-order valence-corrected chi connectivity index (χ4v) is 2.09. The van der Waals surface area contributed by atoms with E-state index in [1.165, 1.54) is 11.1 Å². The molecule has 78 valence electrons. The third-order valence-corrected chi connectivity index (χ3v) is 3.01. The van der Waals surface area contributed by atoms with Gasteiger partial charge >= 0.3 is 0 Å². The van der Waals surface area contributed by atoms with Gasteiger partial charge in [0.15, 0.2) is 5.69 Å². The molecule has 0 radical (unpaired) electrons. The van der Waals surface area contributed by atoms with Crippen LogP contribution in [0.5, 0.6) is 0 Å². The largest absolute Gasteiger partial charge is 0.376 e. The van der Waals surface area contributed by atoms with E-state index in [2.05, 4.69) is 24.8 Å². The highest BCUT2D eigenvalue weighted by Gasteiger charge is 2.23. The molecule has 1 aromatic carbocycles. The van der Waals surface area contributed by atoms with Crippen LogP contribution in [0.3, 0.4) is 0 Å². The lowest BCUT2D eigenvalue weighted by Crippen LogP contribution is -2.20. The molecule has 0 spiro atoms. The third kappa shape index (κ3) is 1.88. The van der Waals surface area contributed by atoms with E-state index in [0.29, 0.717) is 24.1 Å². The zero-order valence-electron chi connectivity index (χ0n) is 9.16. The van der Waals surface area contributed by atoms with Gasteiger partial charge in [-0.2, -0.15) is 0 Å². The SMILES string of the molecule is [C-]#[N+]c1ccc2c(c1)COC[C@@H]2C(C)C. The Morgan fingerprint density at radius 2 is 2.27 bits per heavy atom. The summed E-state index contributed by atoms with van der Waals surface area (Å²) < 4.78 is 5.57. The molecule has 1 atom stereocenters. The Morgan fingerprint density at radius 3 is 2.93 bits per heavy atom. The van der Waals surface area contributed by atoms with Crippen molar-refractivity contribution in [3.8, 4) is 0 Å². The minimum atomic E-state index is 0.480. The van der Waals surface area contributed by atoms with Crippen LogP contribution in [-0.4, -0.2) is 6.61 Å². The molecule has 1 aliphatic rings. The molecule has 0 aliphatic carbocycles. The quantitative estimate of drug-likeness (QED) is 0.634. The van der Waals surface area contributed by atoms with E-state index in [1.54, 1.807) is 0 Å². The van der Waals surface area contributed by atoms with Gasteiger partial charge in [-0.05, 0) is 17.0 Å². The third-order valence-electron chi connectivity index (χ3n) is 3.01. The second-order valence-corrected chi connectivity index (χ2v) is 4.36. The van der Waals surface area contributed by atoms with Crippen LogP contribution >= 0.6 is 0 Å². The number of hydrogen-bond acceptors (Lipinski definition) is 1. The number of fused-ring (bicyclic) bond motifs is 1. The Bertz CT molecular complexity index is 403. The Hall–Kier alpha value is -1.33. The first kappa shape index (κ1) is 10.2. The van der Waals surface area contributed by atoms with Gasteiger partial charge in [0.25, 0.3) is 0 Å². The van der Waals surface area contributed by atoms with Gasteiger partial charge in [-0.15, -0.1) is 0 Å². The molecule has 0 N–H and O–H groups in total. The molecule has 0 amide bonds. The molecule has 0 aromatic heterocycles. The van der Waals surface area contributed by atoms with Crippen LogP contribution in [0.4, 0.5) is 5.69 Å². The van der Waals surface area contributed by atoms with Gasteiger partial charge in [0.1, 0.15) is 0 Å². The van der Waals surface area contributed by atoms with Crippen molar-refractivity contribution >= 4 is 5.69 Å². The highest BCUT2D eigenvalue weighted by molar-refractivity contribution is 5.50. The lowest BCUT2D eigenvalue weighted by atomic mass is 9.85. The van der Waals surface area contributed by atoms with Gasteiger partial charge in [0, 0.05) is 5.92 Å². The van der Waals surface area contributed by atoms with Crippen molar-refractivity contribution in [2.75, 3.05) is 6.61 Å². The topological polar surface area (TPSA) is 13.6 Å². The summed E-state index contributed by atoms with van der Waals surface area (Å²) in [5.74, 6) is 1.07. The van der Waals surface area contributed by atoms with E-state index >= 15 is 0 Å². The Morgan fingerprint density at radius 1 is 1.47 bits per heavy atom. The standard InChI is InChI=1S/C13H15NO/c1-9(2)13-8-15-7-10-6-11(14-3)4-5-12(10)13/h4-6,9,13H,7-8H2,1-2H3/t13-/m1/s1. The van der Waals surface area contributed by atoms with Crippen molar-refractivity contribution in [2.24, 2.45) is 5.92 Å². The molecule has 2 heteroatoms. The fraction of sp³-hybridized carbons (Fsp3) is 0.462. The van der Waals surface area contributed by atoms with Crippen LogP contribution in [0.25, 0.3) is 4.85 Å². The summed E-state index contributed by atoms with van der Waals surface area (Å²) in [6, 6.07) is 5.96. The minimum Gasteiger partial charge on any atom is -0.376 e. The molecule has 2 rings (SSSR count). The second-order valence-electron chi connectivity index (χ2n) is 4.36. The first-order chi connectivity index (χ1) is 7.22. The molecule has 2 nitrogen and oxygen atoms in total. The second kappa shape index (κ2) is 4.04. The predicted octanol–water partition coefficient (Wildman–Crippen LogP) is 3.51. The van der Waals surface area contributed by atoms with Crippen LogP contribution in [0, 0.1) is 12.5 Å². The zero-order valence-corrected chi connectivity index (χ0v) is 9.16. The zero-order chi connectivity index (χ0) is 10.8. The molecule has 1 aromatic rings. The predicted molar refractivity (Wildman–Crippen MR) is 59.9 cm³/mol. The van der Waals surface area contributed by atoms with Crippen molar-refractivity contribution in [2.45, 2.75) is 26.4 Å². The number of benzene rings is 1. The first-order valence-electron chi connectivity index (χ1n) is 5.30. The van der Waals surface area contributed by atoms with Crippen LogP contribution in [-0.2, 0) is 11.3 Å². The summed E-state index contributed by atoms with van der Waals surface area (Å²) in [4.78, 5) is 3.44. The van der Waals surface area contributed by atoms with Crippen molar-refractivity contribution < 1.29 is 4.74 Å². The van der Waals surface area contributed by atoms with Crippen LogP contribution < -0.4 is 0 Å². The van der Waals surface area contributed by atoms with Crippen LogP contribution in [0.2, 0.25) is 0 Å². The number of nitrogens with zero attached hydrogens (tertiary/aromatic N) is 1.